The monoisotopic (exact) mass is 1180 g/mol. The number of benzene rings is 14. The molecule has 0 radical (unpaired) electrons. The molecule has 16 rings (SSSR count). The standard InChI is InChI=1S/C70H52N2O2.C7H8.C6H6.2C2H6/c1-43(2)53-19-11-21-55-57-23-13-25-63(69(57)73-67(53)55)71(51-35-27-47(28-36-51)45-15-7-5-8-16-45)61-41-33-49-32-40-60-62(42-34-50-31-39-59(61)65(49)66(50)60)72(52-37-29-48(30-38-52)46-17-9-6-10-18-46)64-26-14-24-58-56-22-12-20-54(44(3)4)68(56)74-70(58)64;1-7-5-3-2-4-6-7;1-2-4-6-5-3-1;2*1-2/h5-44H,1-4H3;2-6H,1H3;1-6H;2*1-2H3. The topological polar surface area (TPSA) is 32.8 Å². The third kappa shape index (κ3) is 11.9. The zero-order valence-electron chi connectivity index (χ0n) is 53.7. The molecule has 2 aromatic heterocycles. The molecule has 0 N–H and O–H groups in total. The van der Waals surface area contributed by atoms with Crippen LogP contribution in [0.5, 0.6) is 0 Å². The highest BCUT2D eigenvalue weighted by Crippen LogP contribution is 2.51. The number of nitrogens with zero attached hydrogens (tertiary/aromatic N) is 2. The van der Waals surface area contributed by atoms with E-state index in [1.165, 1.54) is 60.5 Å². The molecular formula is C87H78N2O2. The molecule has 14 aromatic carbocycles. The Balaban J connectivity index is 0.000000415. The largest absolute Gasteiger partial charge is 0.454 e. The Labute approximate surface area is 536 Å². The molecule has 0 saturated carbocycles. The van der Waals surface area contributed by atoms with E-state index in [1.54, 1.807) is 0 Å². The SMILES string of the molecule is CC.CC.CC(C)c1cccc2c1oc1c(N(c3ccc(-c4ccccc4)cc3)c3ccc4ccc5c(N(c6ccc(-c7ccccc7)cc6)c6cccc7c6oc6c(C(C)C)cccc67)ccc6ccc3c4c65)cccc12.Cc1ccccc1.c1ccccc1. The van der Waals surface area contributed by atoms with Gasteiger partial charge in [-0.25, -0.2) is 0 Å². The molecule has 16 aromatic rings. The van der Waals surface area contributed by atoms with Crippen molar-refractivity contribution in [1.29, 1.82) is 0 Å². The fraction of sp³-hybridized carbons (Fsp3) is 0.126. The predicted molar refractivity (Wildman–Crippen MR) is 393 cm³/mol. The first kappa shape index (κ1) is 60.6. The lowest BCUT2D eigenvalue weighted by Crippen LogP contribution is -2.12. The normalized spacial score (nSPS) is 11.1. The first-order valence-corrected chi connectivity index (χ1v) is 32.3. The van der Waals surface area contributed by atoms with Gasteiger partial charge in [0, 0.05) is 43.7 Å². The summed E-state index contributed by atoms with van der Waals surface area (Å²) >= 11 is 0. The Bertz CT molecular complexity index is 4720. The van der Waals surface area contributed by atoms with E-state index in [9.17, 15) is 0 Å². The van der Waals surface area contributed by atoms with Crippen molar-refractivity contribution in [3.63, 3.8) is 0 Å². The molecule has 0 bridgehead atoms. The van der Waals surface area contributed by atoms with Crippen LogP contribution in [0.25, 0.3) is 98.4 Å². The maximum absolute atomic E-state index is 7.09. The van der Waals surface area contributed by atoms with E-state index in [0.717, 1.165) is 88.8 Å². The van der Waals surface area contributed by atoms with Crippen LogP contribution >= 0.6 is 0 Å². The van der Waals surface area contributed by atoms with E-state index in [0.29, 0.717) is 11.8 Å². The van der Waals surface area contributed by atoms with Gasteiger partial charge in [-0.05, 0) is 122 Å². The lowest BCUT2D eigenvalue weighted by atomic mass is 9.91. The third-order valence-electron chi connectivity index (χ3n) is 17.0. The second-order valence-electron chi connectivity index (χ2n) is 23.2. The van der Waals surface area contributed by atoms with Gasteiger partial charge in [0.05, 0.1) is 22.7 Å². The highest BCUT2D eigenvalue weighted by Gasteiger charge is 2.27. The number of fused-ring (bicyclic) bond motifs is 6. The molecule has 4 nitrogen and oxygen atoms in total. The van der Waals surface area contributed by atoms with Crippen molar-refractivity contribution in [3.05, 3.63) is 314 Å². The summed E-state index contributed by atoms with van der Waals surface area (Å²) in [5, 5.41) is 11.6. The van der Waals surface area contributed by atoms with Crippen LogP contribution in [0.2, 0.25) is 0 Å². The number of aryl methyl sites for hydroxylation is 1. The lowest BCUT2D eigenvalue weighted by Gasteiger charge is -2.29. The van der Waals surface area contributed by atoms with Crippen molar-refractivity contribution in [2.24, 2.45) is 0 Å². The van der Waals surface area contributed by atoms with Crippen molar-refractivity contribution >= 4 is 110 Å². The number of rotatable bonds is 10. The molecule has 0 aliphatic carbocycles. The van der Waals surface area contributed by atoms with E-state index in [2.05, 4.69) is 287 Å². The van der Waals surface area contributed by atoms with Crippen LogP contribution in [0.3, 0.4) is 0 Å². The zero-order valence-corrected chi connectivity index (χ0v) is 53.7. The zero-order chi connectivity index (χ0) is 63.0. The summed E-state index contributed by atoms with van der Waals surface area (Å²) in [6.07, 6.45) is 0. The van der Waals surface area contributed by atoms with E-state index in [-0.39, 0.29) is 0 Å². The van der Waals surface area contributed by atoms with Crippen LogP contribution in [-0.2, 0) is 0 Å². The van der Waals surface area contributed by atoms with Crippen molar-refractivity contribution in [2.45, 2.75) is 74.1 Å². The first-order valence-electron chi connectivity index (χ1n) is 32.3. The maximum atomic E-state index is 7.09. The van der Waals surface area contributed by atoms with Gasteiger partial charge in [0.1, 0.15) is 11.2 Å². The smallest absolute Gasteiger partial charge is 0.159 e. The number of furan rings is 2. The third-order valence-corrected chi connectivity index (χ3v) is 17.0. The molecule has 0 spiro atoms. The Hall–Kier alpha value is -10.7. The molecule has 0 aliphatic rings. The van der Waals surface area contributed by atoms with Gasteiger partial charge in [-0.15, -0.1) is 0 Å². The molecular weight excluding hydrogens is 1100 g/mol. The lowest BCUT2D eigenvalue weighted by molar-refractivity contribution is 0.657. The molecule has 0 aliphatic heterocycles. The second-order valence-corrected chi connectivity index (χ2v) is 23.2. The van der Waals surface area contributed by atoms with Crippen LogP contribution in [0.4, 0.5) is 34.1 Å². The molecule has 0 unspecified atom stereocenters. The molecule has 91 heavy (non-hydrogen) atoms. The Kier molecular flexibility index (Phi) is 18.2. The maximum Gasteiger partial charge on any atom is 0.159 e. The van der Waals surface area contributed by atoms with Gasteiger partial charge < -0.3 is 18.6 Å². The summed E-state index contributed by atoms with van der Waals surface area (Å²) in [5.41, 5.74) is 18.3. The number of para-hydroxylation sites is 4. The predicted octanol–water partition coefficient (Wildman–Crippen LogP) is 26.6. The molecule has 2 heterocycles. The van der Waals surface area contributed by atoms with E-state index in [4.69, 9.17) is 8.83 Å². The Morgan fingerprint density at radius 3 is 0.901 bits per heavy atom. The average Bonchev–Trinajstić information content (AvgIpc) is 1.36. The summed E-state index contributed by atoms with van der Waals surface area (Å²) in [4.78, 5) is 4.82. The van der Waals surface area contributed by atoms with Crippen molar-refractivity contribution in [2.75, 3.05) is 9.80 Å². The molecule has 4 heteroatoms. The van der Waals surface area contributed by atoms with E-state index in [1.807, 2.05) is 82.3 Å². The summed E-state index contributed by atoms with van der Waals surface area (Å²) < 4.78 is 14.2. The van der Waals surface area contributed by atoms with Gasteiger partial charge in [0.2, 0.25) is 0 Å². The summed E-state index contributed by atoms with van der Waals surface area (Å²) in [6, 6.07) is 106. The summed E-state index contributed by atoms with van der Waals surface area (Å²) in [6.45, 7) is 19.0. The van der Waals surface area contributed by atoms with Gasteiger partial charge in [-0.3, -0.25) is 0 Å². The van der Waals surface area contributed by atoms with Gasteiger partial charge in [0.15, 0.2) is 11.2 Å². The minimum atomic E-state index is 0.306. The molecule has 0 atom stereocenters. The van der Waals surface area contributed by atoms with Crippen LogP contribution in [0, 0.1) is 6.92 Å². The number of anilines is 6. The minimum absolute atomic E-state index is 0.306. The summed E-state index contributed by atoms with van der Waals surface area (Å²) in [5.74, 6) is 0.612. The van der Waals surface area contributed by atoms with Crippen LogP contribution in [-0.4, -0.2) is 0 Å². The van der Waals surface area contributed by atoms with E-state index >= 15 is 0 Å². The van der Waals surface area contributed by atoms with Gasteiger partial charge in [-0.2, -0.15) is 0 Å². The number of hydrogen-bond donors (Lipinski definition) is 0. The Morgan fingerprint density at radius 1 is 0.253 bits per heavy atom. The molecule has 448 valence electrons. The van der Waals surface area contributed by atoms with Crippen LogP contribution in [0.15, 0.2) is 306 Å². The molecule has 0 amide bonds. The fourth-order valence-corrected chi connectivity index (χ4v) is 12.7. The van der Waals surface area contributed by atoms with Crippen LogP contribution < -0.4 is 9.80 Å². The van der Waals surface area contributed by atoms with Gasteiger partial charge in [0.25, 0.3) is 0 Å². The quantitative estimate of drug-likeness (QED) is 0.128. The highest BCUT2D eigenvalue weighted by atomic mass is 16.3. The number of hydrogen-bond acceptors (Lipinski definition) is 4. The van der Waals surface area contributed by atoms with Gasteiger partial charge >= 0.3 is 0 Å². The van der Waals surface area contributed by atoms with Crippen LogP contribution in [0.1, 0.15) is 83.9 Å². The van der Waals surface area contributed by atoms with Crippen molar-refractivity contribution in [3.8, 4) is 22.3 Å². The minimum Gasteiger partial charge on any atom is -0.454 e. The van der Waals surface area contributed by atoms with E-state index < -0.39 is 0 Å². The second kappa shape index (κ2) is 27.4. The molecule has 0 fully saturated rings. The van der Waals surface area contributed by atoms with Crippen molar-refractivity contribution in [1.82, 2.24) is 0 Å². The first-order chi connectivity index (χ1) is 44.8. The summed E-state index contributed by atoms with van der Waals surface area (Å²) in [7, 11) is 0. The average molecular weight is 1180 g/mol. The molecule has 0 saturated heterocycles. The van der Waals surface area contributed by atoms with Gasteiger partial charge in [-0.1, -0.05) is 310 Å². The highest BCUT2D eigenvalue weighted by molar-refractivity contribution is 6.29. The Morgan fingerprint density at radius 2 is 0.560 bits per heavy atom. The van der Waals surface area contributed by atoms with Crippen molar-refractivity contribution < 1.29 is 8.83 Å². The fourth-order valence-electron chi connectivity index (χ4n) is 12.7.